The molecule has 0 radical (unpaired) electrons. The Labute approximate surface area is 322 Å². The van der Waals surface area contributed by atoms with Gasteiger partial charge in [0.25, 0.3) is 0 Å². The second kappa shape index (κ2) is 37.2. The zero-order valence-corrected chi connectivity index (χ0v) is 34.5. The zero-order valence-electron chi connectivity index (χ0n) is 34.5. The van der Waals surface area contributed by atoms with E-state index in [4.69, 9.17) is 9.47 Å². The van der Waals surface area contributed by atoms with Crippen LogP contribution in [0.2, 0.25) is 0 Å². The van der Waals surface area contributed by atoms with E-state index in [1.54, 1.807) is 0 Å². The lowest BCUT2D eigenvalue weighted by Crippen LogP contribution is -2.25. The van der Waals surface area contributed by atoms with Crippen LogP contribution in [0.25, 0.3) is 0 Å². The van der Waals surface area contributed by atoms with E-state index in [2.05, 4.69) is 74.4 Å². The molecule has 0 amide bonds. The minimum absolute atomic E-state index is 0.0822. The van der Waals surface area contributed by atoms with Crippen LogP contribution in [0.5, 0.6) is 0 Å². The topological polar surface area (TPSA) is 55.8 Å². The first-order valence-electron chi connectivity index (χ1n) is 22.2. The van der Waals surface area contributed by atoms with Gasteiger partial charge >= 0.3 is 11.9 Å². The number of hydrogen-bond acceptors (Lipinski definition) is 5. The number of ether oxygens (including phenoxy) is 2. The molecule has 0 saturated carbocycles. The molecular weight excluding hydrogens is 643 g/mol. The van der Waals surface area contributed by atoms with Gasteiger partial charge in [0.2, 0.25) is 0 Å². The molecule has 1 aliphatic rings. The van der Waals surface area contributed by atoms with Crippen molar-refractivity contribution in [1.82, 2.24) is 4.90 Å². The molecule has 2 atom stereocenters. The molecule has 0 aromatic heterocycles. The fraction of sp³-hybridized carbons (Fsp3) is 0.787. The van der Waals surface area contributed by atoms with Crippen LogP contribution in [0.1, 0.15) is 194 Å². The molecule has 5 heteroatoms. The third-order valence-corrected chi connectivity index (χ3v) is 10.3. The number of hydrogen-bond donors (Lipinski definition) is 0. The monoisotopic (exact) mass is 726 g/mol. The number of rotatable bonds is 36. The van der Waals surface area contributed by atoms with Crippen LogP contribution in [0.15, 0.2) is 48.6 Å². The van der Waals surface area contributed by atoms with E-state index >= 15 is 0 Å². The number of unbranched alkanes of at least 4 members (excludes halogenated alkanes) is 20. The van der Waals surface area contributed by atoms with Crippen molar-refractivity contribution in [2.75, 3.05) is 33.4 Å². The van der Waals surface area contributed by atoms with E-state index in [1.165, 1.54) is 128 Å². The highest BCUT2D eigenvalue weighted by molar-refractivity contribution is 5.69. The Morgan fingerprint density at radius 2 is 0.769 bits per heavy atom. The van der Waals surface area contributed by atoms with Crippen molar-refractivity contribution in [3.05, 3.63) is 48.6 Å². The third-order valence-electron chi connectivity index (χ3n) is 10.3. The number of carbonyl (C=O) groups excluding carboxylic acids is 2. The summed E-state index contributed by atoms with van der Waals surface area (Å²) < 4.78 is 11.4. The summed E-state index contributed by atoms with van der Waals surface area (Å²) in [7, 11) is 2.09. The number of esters is 2. The molecule has 1 fully saturated rings. The number of nitrogens with zero attached hydrogens (tertiary/aromatic N) is 1. The van der Waals surface area contributed by atoms with Crippen molar-refractivity contribution in [1.29, 1.82) is 0 Å². The molecule has 0 unspecified atom stereocenters. The highest BCUT2D eigenvalue weighted by Crippen LogP contribution is 2.24. The van der Waals surface area contributed by atoms with E-state index in [9.17, 15) is 9.59 Å². The maximum absolute atomic E-state index is 12.4. The highest BCUT2D eigenvalue weighted by Gasteiger charge is 2.32. The van der Waals surface area contributed by atoms with Gasteiger partial charge in [-0.3, -0.25) is 9.59 Å². The predicted molar refractivity (Wildman–Crippen MR) is 224 cm³/mol. The smallest absolute Gasteiger partial charge is 0.305 e. The molecule has 5 nitrogen and oxygen atoms in total. The Morgan fingerprint density at radius 1 is 0.462 bits per heavy atom. The standard InChI is InChI=1S/C47H83NO4/c1-4-6-8-10-12-14-16-18-20-22-24-26-28-30-32-34-36-38-46(49)51-42-44-40-48(3)41-45(44)43-52-47(50)39-37-35-33-31-29-27-25-23-21-19-17-15-13-11-9-7-5-2/h12-15,18-21,44-45H,4-11,16-17,22-43H2,1-3H3/t44-,45-/m0/s1. The maximum Gasteiger partial charge on any atom is 0.305 e. The van der Waals surface area contributed by atoms with Gasteiger partial charge in [0.1, 0.15) is 0 Å². The van der Waals surface area contributed by atoms with Crippen LogP contribution in [0.3, 0.4) is 0 Å². The van der Waals surface area contributed by atoms with Crippen LogP contribution >= 0.6 is 0 Å². The summed E-state index contributed by atoms with van der Waals surface area (Å²) in [5.74, 6) is 0.301. The molecule has 1 aliphatic heterocycles. The SMILES string of the molecule is CCCCCC=CCC=CCCCCCCCCCC(=O)OC[C@@H]1CN(C)C[C@H]1COC(=O)CCCCCCCCCC=CCC=CCCCCC. The molecule has 0 aromatic rings. The average molecular weight is 726 g/mol. The summed E-state index contributed by atoms with van der Waals surface area (Å²) >= 11 is 0. The maximum atomic E-state index is 12.4. The summed E-state index contributed by atoms with van der Waals surface area (Å²) in [6, 6.07) is 0. The molecule has 0 spiro atoms. The van der Waals surface area contributed by atoms with E-state index in [1.807, 2.05) is 0 Å². The van der Waals surface area contributed by atoms with Gasteiger partial charge in [0.05, 0.1) is 13.2 Å². The Kier molecular flexibility index (Phi) is 34.2. The molecule has 52 heavy (non-hydrogen) atoms. The minimum atomic E-state index is -0.0822. The van der Waals surface area contributed by atoms with Crippen LogP contribution in [-0.2, 0) is 19.1 Å². The molecule has 0 bridgehead atoms. The Bertz CT molecular complexity index is 864. The lowest BCUT2D eigenvalue weighted by atomic mass is 9.98. The fourth-order valence-electron chi connectivity index (χ4n) is 6.96. The zero-order chi connectivity index (χ0) is 37.6. The third kappa shape index (κ3) is 31.4. The van der Waals surface area contributed by atoms with Gasteiger partial charge in [-0.15, -0.1) is 0 Å². The van der Waals surface area contributed by atoms with E-state index in [-0.39, 0.29) is 23.8 Å². The van der Waals surface area contributed by atoms with Crippen molar-refractivity contribution in [3.63, 3.8) is 0 Å². The van der Waals surface area contributed by atoms with Gasteiger partial charge in [0, 0.05) is 37.8 Å². The number of carbonyl (C=O) groups is 2. The molecular formula is C47H83NO4. The summed E-state index contributed by atoms with van der Waals surface area (Å²) in [5, 5.41) is 0. The summed E-state index contributed by atoms with van der Waals surface area (Å²) in [6.07, 6.45) is 51.0. The summed E-state index contributed by atoms with van der Waals surface area (Å²) in [5.41, 5.74) is 0. The van der Waals surface area contributed by atoms with Crippen LogP contribution in [0, 0.1) is 11.8 Å². The highest BCUT2D eigenvalue weighted by atomic mass is 16.5. The lowest BCUT2D eigenvalue weighted by molar-refractivity contribution is -0.149. The largest absolute Gasteiger partial charge is 0.465 e. The quantitative estimate of drug-likeness (QED) is 0.0366. The van der Waals surface area contributed by atoms with Crippen molar-refractivity contribution >= 4 is 11.9 Å². The van der Waals surface area contributed by atoms with Crippen LogP contribution in [-0.4, -0.2) is 50.2 Å². The van der Waals surface area contributed by atoms with Crippen molar-refractivity contribution in [2.45, 2.75) is 194 Å². The van der Waals surface area contributed by atoms with Crippen molar-refractivity contribution in [2.24, 2.45) is 11.8 Å². The minimum Gasteiger partial charge on any atom is -0.465 e. The van der Waals surface area contributed by atoms with Gasteiger partial charge in [-0.1, -0.05) is 152 Å². The van der Waals surface area contributed by atoms with Crippen molar-refractivity contribution < 1.29 is 19.1 Å². The van der Waals surface area contributed by atoms with Crippen LogP contribution in [0.4, 0.5) is 0 Å². The molecule has 0 N–H and O–H groups in total. The van der Waals surface area contributed by atoms with Gasteiger partial charge in [0.15, 0.2) is 0 Å². The Hall–Kier alpha value is -2.14. The molecule has 300 valence electrons. The first-order chi connectivity index (χ1) is 25.6. The number of allylic oxidation sites excluding steroid dienone is 8. The van der Waals surface area contributed by atoms with Crippen molar-refractivity contribution in [3.8, 4) is 0 Å². The first-order valence-corrected chi connectivity index (χ1v) is 22.2. The van der Waals surface area contributed by atoms with Gasteiger partial charge < -0.3 is 14.4 Å². The Balaban J connectivity index is 1.97. The Morgan fingerprint density at radius 3 is 1.12 bits per heavy atom. The van der Waals surface area contributed by atoms with Gasteiger partial charge in [-0.2, -0.15) is 0 Å². The summed E-state index contributed by atoms with van der Waals surface area (Å²) in [4.78, 5) is 27.1. The second-order valence-electron chi connectivity index (χ2n) is 15.5. The normalized spacial score (nSPS) is 16.8. The van der Waals surface area contributed by atoms with E-state index in [0.29, 0.717) is 26.1 Å². The summed E-state index contributed by atoms with van der Waals surface area (Å²) in [6.45, 7) is 7.13. The fourth-order valence-corrected chi connectivity index (χ4v) is 6.96. The second-order valence-corrected chi connectivity index (χ2v) is 15.5. The molecule has 0 aliphatic carbocycles. The van der Waals surface area contributed by atoms with Gasteiger partial charge in [-0.05, 0) is 84.1 Å². The van der Waals surface area contributed by atoms with E-state index < -0.39 is 0 Å². The average Bonchev–Trinajstić information content (AvgIpc) is 3.51. The molecule has 0 aromatic carbocycles. The molecule has 1 saturated heterocycles. The molecule has 1 rings (SSSR count). The van der Waals surface area contributed by atoms with Gasteiger partial charge in [-0.25, -0.2) is 0 Å². The van der Waals surface area contributed by atoms with E-state index in [0.717, 1.165) is 51.6 Å². The van der Waals surface area contributed by atoms with Crippen LogP contribution < -0.4 is 0 Å². The molecule has 1 heterocycles. The lowest BCUT2D eigenvalue weighted by Gasteiger charge is -2.18. The number of likely N-dealkylation sites (tertiary alicyclic amines) is 1. The first kappa shape index (κ1) is 47.9. The predicted octanol–water partition coefficient (Wildman–Crippen LogP) is 13.4.